The summed E-state index contributed by atoms with van der Waals surface area (Å²) in [6.45, 7) is 3.36. The molecule has 0 saturated heterocycles. The number of hydrogen-bond acceptors (Lipinski definition) is 6. The Bertz CT molecular complexity index is 1070. The summed E-state index contributed by atoms with van der Waals surface area (Å²) in [5, 5.41) is 14.3. The first-order valence-electron chi connectivity index (χ1n) is 10.5. The molecule has 0 N–H and O–H groups in total. The van der Waals surface area contributed by atoms with E-state index < -0.39 is 0 Å². The van der Waals surface area contributed by atoms with Crippen molar-refractivity contribution in [1.29, 1.82) is 0 Å². The molecule has 2 aromatic heterocycles. The van der Waals surface area contributed by atoms with Gasteiger partial charge in [0.2, 0.25) is 5.91 Å². The van der Waals surface area contributed by atoms with Crippen molar-refractivity contribution >= 4 is 17.7 Å². The molecule has 0 saturated carbocycles. The number of thioether (sulfide) groups is 1. The molecular weight excluding hydrogens is 412 g/mol. The third-order valence-electron chi connectivity index (χ3n) is 5.70. The van der Waals surface area contributed by atoms with E-state index >= 15 is 0 Å². The smallest absolute Gasteiger partial charge is 0.223 e. The molecule has 9 heteroatoms. The normalized spacial score (nSPS) is 13.4. The van der Waals surface area contributed by atoms with Crippen LogP contribution in [0, 0.1) is 0 Å². The molecule has 0 aliphatic carbocycles. The van der Waals surface area contributed by atoms with Gasteiger partial charge in [0, 0.05) is 51.3 Å². The number of aromatic nitrogens is 5. The lowest BCUT2D eigenvalue weighted by atomic mass is 10.0. The summed E-state index contributed by atoms with van der Waals surface area (Å²) in [6, 6.07) is 7.89. The standard InChI is InChI=1S/C22H28N6O2S/c1-5-31-22-24-23-21(26(22)2)20-17-14-28(13-12-18(17)27(3)25-20)19(29)11-8-15-6-9-16(30-4)10-7-15/h6-7,9-10H,5,8,11-14H2,1-4H3. The van der Waals surface area contributed by atoms with Crippen LogP contribution in [0.3, 0.4) is 0 Å². The molecule has 164 valence electrons. The van der Waals surface area contributed by atoms with Gasteiger partial charge in [-0.3, -0.25) is 9.48 Å². The van der Waals surface area contributed by atoms with Crippen molar-refractivity contribution in [3.63, 3.8) is 0 Å². The van der Waals surface area contributed by atoms with Gasteiger partial charge in [0.05, 0.1) is 7.11 Å². The Balaban J connectivity index is 1.49. The molecule has 1 aliphatic rings. The molecule has 0 fully saturated rings. The van der Waals surface area contributed by atoms with Gasteiger partial charge in [-0.1, -0.05) is 30.8 Å². The molecule has 1 aromatic carbocycles. The average Bonchev–Trinajstić information content (AvgIpc) is 3.31. The van der Waals surface area contributed by atoms with E-state index in [-0.39, 0.29) is 5.91 Å². The minimum atomic E-state index is 0.163. The van der Waals surface area contributed by atoms with Gasteiger partial charge < -0.3 is 14.2 Å². The number of carbonyl (C=O) groups excluding carboxylic acids is 1. The Morgan fingerprint density at radius 3 is 2.68 bits per heavy atom. The van der Waals surface area contributed by atoms with E-state index in [0.29, 0.717) is 25.9 Å². The van der Waals surface area contributed by atoms with Crippen molar-refractivity contribution < 1.29 is 9.53 Å². The minimum Gasteiger partial charge on any atom is -0.497 e. The monoisotopic (exact) mass is 440 g/mol. The predicted molar refractivity (Wildman–Crippen MR) is 120 cm³/mol. The van der Waals surface area contributed by atoms with E-state index in [4.69, 9.17) is 9.84 Å². The fraction of sp³-hybridized carbons (Fsp3) is 0.455. The van der Waals surface area contributed by atoms with E-state index in [9.17, 15) is 4.79 Å². The van der Waals surface area contributed by atoms with Crippen LogP contribution >= 0.6 is 11.8 Å². The number of carbonyl (C=O) groups is 1. The van der Waals surface area contributed by atoms with Crippen molar-refractivity contribution in [2.45, 2.75) is 37.9 Å². The van der Waals surface area contributed by atoms with Gasteiger partial charge in [0.25, 0.3) is 0 Å². The molecule has 31 heavy (non-hydrogen) atoms. The summed E-state index contributed by atoms with van der Waals surface area (Å²) in [5.41, 5.74) is 4.20. The molecule has 1 aliphatic heterocycles. The first-order valence-corrected chi connectivity index (χ1v) is 11.5. The molecule has 1 amide bonds. The van der Waals surface area contributed by atoms with Crippen LogP contribution in [0.25, 0.3) is 11.5 Å². The molecule has 4 rings (SSSR count). The van der Waals surface area contributed by atoms with Gasteiger partial charge in [-0.25, -0.2) is 0 Å². The largest absolute Gasteiger partial charge is 0.497 e. The molecule has 0 radical (unpaired) electrons. The van der Waals surface area contributed by atoms with Crippen LogP contribution in [0.5, 0.6) is 5.75 Å². The highest BCUT2D eigenvalue weighted by atomic mass is 32.2. The number of nitrogens with zero attached hydrogens (tertiary/aromatic N) is 6. The van der Waals surface area contributed by atoms with Gasteiger partial charge >= 0.3 is 0 Å². The third-order valence-corrected chi connectivity index (χ3v) is 6.60. The Kier molecular flexibility index (Phi) is 6.31. The summed E-state index contributed by atoms with van der Waals surface area (Å²) in [7, 11) is 5.58. The first kappa shape index (κ1) is 21.4. The Hall–Kier alpha value is -2.81. The number of amides is 1. The highest BCUT2D eigenvalue weighted by Gasteiger charge is 2.29. The van der Waals surface area contributed by atoms with Crippen LogP contribution in [0.15, 0.2) is 29.4 Å². The van der Waals surface area contributed by atoms with Crippen molar-refractivity contribution in [2.75, 3.05) is 19.4 Å². The quantitative estimate of drug-likeness (QED) is 0.526. The zero-order chi connectivity index (χ0) is 22.0. The lowest BCUT2D eigenvalue weighted by Crippen LogP contribution is -2.36. The number of rotatable bonds is 7. The third kappa shape index (κ3) is 4.32. The minimum absolute atomic E-state index is 0.163. The zero-order valence-electron chi connectivity index (χ0n) is 18.5. The molecule has 0 spiro atoms. The van der Waals surface area contributed by atoms with E-state index in [1.807, 2.05) is 52.5 Å². The Morgan fingerprint density at radius 2 is 1.97 bits per heavy atom. The second-order valence-electron chi connectivity index (χ2n) is 7.61. The maximum Gasteiger partial charge on any atom is 0.223 e. The molecule has 3 aromatic rings. The van der Waals surface area contributed by atoms with Gasteiger partial charge in [-0.05, 0) is 29.9 Å². The lowest BCUT2D eigenvalue weighted by Gasteiger charge is -2.27. The topological polar surface area (TPSA) is 78.1 Å². The Labute approximate surface area is 186 Å². The van der Waals surface area contributed by atoms with E-state index in [0.717, 1.165) is 45.7 Å². The summed E-state index contributed by atoms with van der Waals surface area (Å²) >= 11 is 1.66. The molecule has 8 nitrogen and oxygen atoms in total. The molecule has 0 atom stereocenters. The van der Waals surface area contributed by atoms with E-state index in [1.54, 1.807) is 18.9 Å². The number of ether oxygens (including phenoxy) is 1. The number of fused-ring (bicyclic) bond motifs is 1. The van der Waals surface area contributed by atoms with E-state index in [1.165, 1.54) is 5.69 Å². The SMILES string of the molecule is CCSc1nnc(-c2nn(C)c3c2CN(C(=O)CCc2ccc(OC)cc2)CC3)n1C. The number of benzene rings is 1. The molecule has 0 unspecified atom stereocenters. The summed E-state index contributed by atoms with van der Waals surface area (Å²) < 4.78 is 9.11. The Morgan fingerprint density at radius 1 is 1.19 bits per heavy atom. The van der Waals surface area contributed by atoms with E-state index in [2.05, 4.69) is 17.1 Å². The van der Waals surface area contributed by atoms with Gasteiger partial charge in [-0.2, -0.15) is 5.10 Å². The molecule has 3 heterocycles. The number of methoxy groups -OCH3 is 1. The van der Waals surface area contributed by atoms with Gasteiger partial charge in [0.1, 0.15) is 11.4 Å². The van der Waals surface area contributed by atoms with Crippen LogP contribution in [0.1, 0.15) is 30.2 Å². The van der Waals surface area contributed by atoms with Gasteiger partial charge in [-0.15, -0.1) is 10.2 Å². The van der Waals surface area contributed by atoms with Gasteiger partial charge in [0.15, 0.2) is 11.0 Å². The number of hydrogen-bond donors (Lipinski definition) is 0. The van der Waals surface area contributed by atoms with Crippen molar-refractivity contribution in [3.05, 3.63) is 41.1 Å². The van der Waals surface area contributed by atoms with Crippen LogP contribution < -0.4 is 4.74 Å². The summed E-state index contributed by atoms with van der Waals surface area (Å²) in [4.78, 5) is 14.9. The highest BCUT2D eigenvalue weighted by Crippen LogP contribution is 2.30. The van der Waals surface area contributed by atoms with Crippen LogP contribution in [0.4, 0.5) is 0 Å². The van der Waals surface area contributed by atoms with Crippen molar-refractivity contribution in [3.8, 4) is 17.3 Å². The number of aryl methyl sites for hydroxylation is 2. The second kappa shape index (κ2) is 9.13. The van der Waals surface area contributed by atoms with Crippen LogP contribution in [0.2, 0.25) is 0 Å². The summed E-state index contributed by atoms with van der Waals surface area (Å²) in [6.07, 6.45) is 1.99. The lowest BCUT2D eigenvalue weighted by molar-refractivity contribution is -0.132. The predicted octanol–water partition coefficient (Wildman–Crippen LogP) is 2.85. The second-order valence-corrected chi connectivity index (χ2v) is 8.84. The highest BCUT2D eigenvalue weighted by molar-refractivity contribution is 7.99. The van der Waals surface area contributed by atoms with Crippen LogP contribution in [-0.2, 0) is 38.3 Å². The fourth-order valence-corrected chi connectivity index (χ4v) is 4.60. The fourth-order valence-electron chi connectivity index (χ4n) is 3.96. The maximum absolute atomic E-state index is 13.0. The maximum atomic E-state index is 13.0. The first-order chi connectivity index (χ1) is 15.0. The summed E-state index contributed by atoms with van der Waals surface area (Å²) in [5.74, 6) is 2.67. The molecular formula is C22H28N6O2S. The zero-order valence-corrected chi connectivity index (χ0v) is 19.3. The van der Waals surface area contributed by atoms with Crippen molar-refractivity contribution in [1.82, 2.24) is 29.4 Å². The average molecular weight is 441 g/mol. The van der Waals surface area contributed by atoms with Crippen molar-refractivity contribution in [2.24, 2.45) is 14.1 Å². The van der Waals surface area contributed by atoms with Crippen LogP contribution in [-0.4, -0.2) is 54.8 Å². The molecule has 0 bridgehead atoms.